The van der Waals surface area contributed by atoms with Gasteiger partial charge in [-0.1, -0.05) is 6.92 Å². The van der Waals surface area contributed by atoms with E-state index in [1.807, 2.05) is 0 Å². The highest BCUT2D eigenvalue weighted by Gasteiger charge is 2.25. The van der Waals surface area contributed by atoms with Gasteiger partial charge in [0, 0.05) is 12.5 Å². The van der Waals surface area contributed by atoms with Gasteiger partial charge in [0.15, 0.2) is 0 Å². The Balaban J connectivity index is 3.90. The lowest BCUT2D eigenvalue weighted by Crippen LogP contribution is -2.37. The van der Waals surface area contributed by atoms with Gasteiger partial charge in [-0.3, -0.25) is 0 Å². The van der Waals surface area contributed by atoms with Crippen molar-refractivity contribution in [2.24, 2.45) is 5.92 Å². The van der Waals surface area contributed by atoms with Gasteiger partial charge < -0.3 is 20.4 Å². The third-order valence-electron chi connectivity index (χ3n) is 2.06. The molecule has 0 aliphatic rings. The first-order valence-electron chi connectivity index (χ1n) is 4.15. The summed E-state index contributed by atoms with van der Waals surface area (Å²) in [5, 5.41) is 36.1. The molecule has 4 nitrogen and oxygen atoms in total. The summed E-state index contributed by atoms with van der Waals surface area (Å²) < 4.78 is 0. The van der Waals surface area contributed by atoms with Crippen LogP contribution in [0.4, 0.5) is 0 Å². The fourth-order valence-corrected chi connectivity index (χ4v) is 1.06. The Morgan fingerprint density at radius 1 is 1.08 bits per heavy atom. The van der Waals surface area contributed by atoms with Crippen LogP contribution in [0.25, 0.3) is 0 Å². The van der Waals surface area contributed by atoms with Crippen molar-refractivity contribution in [3.8, 4) is 0 Å². The average Bonchev–Trinajstić information content (AvgIpc) is 2.02. The van der Waals surface area contributed by atoms with E-state index in [1.54, 1.807) is 6.92 Å². The molecule has 0 bridgehead atoms. The fraction of sp³-hybridized carbons (Fsp3) is 1.00. The molecular weight excluding hydrogens is 160 g/mol. The van der Waals surface area contributed by atoms with E-state index in [0.29, 0.717) is 0 Å². The molecule has 0 rings (SSSR count). The normalized spacial score (nSPS) is 21.5. The second-order valence-electron chi connectivity index (χ2n) is 3.17. The lowest BCUT2D eigenvalue weighted by molar-refractivity contribution is -0.0489. The van der Waals surface area contributed by atoms with Crippen LogP contribution in [-0.4, -0.2) is 45.3 Å². The van der Waals surface area contributed by atoms with E-state index >= 15 is 0 Å². The highest BCUT2D eigenvalue weighted by Crippen LogP contribution is 2.14. The summed E-state index contributed by atoms with van der Waals surface area (Å²) in [5.74, 6) is -0.419. The fourth-order valence-electron chi connectivity index (χ4n) is 1.06. The third-order valence-corrected chi connectivity index (χ3v) is 2.06. The van der Waals surface area contributed by atoms with E-state index in [1.165, 1.54) is 6.92 Å². The minimum atomic E-state index is -0.938. The molecule has 0 aromatic heterocycles. The van der Waals surface area contributed by atoms with Gasteiger partial charge in [0.25, 0.3) is 0 Å². The standard InChI is InChI=1S/C8H18O4/c1-5(7(11)3-4-9)8(12)6(2)10/h5-12H,3-4H2,1-2H3. The Hall–Kier alpha value is -0.160. The summed E-state index contributed by atoms with van der Waals surface area (Å²) in [6, 6.07) is 0. The molecule has 0 aromatic rings. The molecule has 0 spiro atoms. The summed E-state index contributed by atoms with van der Waals surface area (Å²) >= 11 is 0. The minimum absolute atomic E-state index is 0.113. The number of hydrogen-bond acceptors (Lipinski definition) is 4. The van der Waals surface area contributed by atoms with Crippen LogP contribution in [0, 0.1) is 5.92 Å². The average molecular weight is 178 g/mol. The summed E-state index contributed by atoms with van der Waals surface area (Å²) in [6.07, 6.45) is -2.33. The maximum Gasteiger partial charge on any atom is 0.0846 e. The van der Waals surface area contributed by atoms with Gasteiger partial charge in [0.1, 0.15) is 0 Å². The molecule has 0 saturated carbocycles. The molecule has 4 N–H and O–H groups in total. The van der Waals surface area contributed by atoms with Gasteiger partial charge in [-0.25, -0.2) is 0 Å². The van der Waals surface area contributed by atoms with Crippen molar-refractivity contribution in [1.29, 1.82) is 0 Å². The SMILES string of the molecule is CC(O)C(O)C(C)C(O)CCO. The lowest BCUT2D eigenvalue weighted by Gasteiger charge is -2.25. The van der Waals surface area contributed by atoms with Crippen LogP contribution >= 0.6 is 0 Å². The first-order valence-corrected chi connectivity index (χ1v) is 4.15. The van der Waals surface area contributed by atoms with Gasteiger partial charge in [-0.05, 0) is 13.3 Å². The summed E-state index contributed by atoms with van der Waals surface area (Å²) in [7, 11) is 0. The summed E-state index contributed by atoms with van der Waals surface area (Å²) in [4.78, 5) is 0. The van der Waals surface area contributed by atoms with Crippen LogP contribution < -0.4 is 0 Å². The van der Waals surface area contributed by atoms with E-state index in [-0.39, 0.29) is 13.0 Å². The molecular formula is C8H18O4. The predicted molar refractivity (Wildman–Crippen MR) is 44.6 cm³/mol. The van der Waals surface area contributed by atoms with E-state index in [0.717, 1.165) is 0 Å². The Bertz CT molecular complexity index is 116. The van der Waals surface area contributed by atoms with E-state index in [2.05, 4.69) is 0 Å². The molecule has 74 valence electrons. The Labute approximate surface area is 72.5 Å². The van der Waals surface area contributed by atoms with E-state index in [9.17, 15) is 10.2 Å². The largest absolute Gasteiger partial charge is 0.396 e. The van der Waals surface area contributed by atoms with Crippen LogP contribution in [0.1, 0.15) is 20.3 Å². The second-order valence-corrected chi connectivity index (χ2v) is 3.17. The zero-order chi connectivity index (χ0) is 9.72. The van der Waals surface area contributed by atoms with Crippen molar-refractivity contribution in [2.45, 2.75) is 38.6 Å². The van der Waals surface area contributed by atoms with Crippen molar-refractivity contribution < 1.29 is 20.4 Å². The van der Waals surface area contributed by atoms with Crippen molar-refractivity contribution in [1.82, 2.24) is 0 Å². The predicted octanol–water partition coefficient (Wildman–Crippen LogP) is -0.893. The Morgan fingerprint density at radius 2 is 1.58 bits per heavy atom. The second kappa shape index (κ2) is 5.48. The molecule has 0 amide bonds. The molecule has 4 unspecified atom stereocenters. The molecule has 0 aromatic carbocycles. The molecule has 0 aliphatic heterocycles. The highest BCUT2D eigenvalue weighted by molar-refractivity contribution is 4.75. The van der Waals surface area contributed by atoms with Crippen LogP contribution in [-0.2, 0) is 0 Å². The van der Waals surface area contributed by atoms with Crippen molar-refractivity contribution in [2.75, 3.05) is 6.61 Å². The van der Waals surface area contributed by atoms with Crippen molar-refractivity contribution >= 4 is 0 Å². The van der Waals surface area contributed by atoms with Crippen molar-refractivity contribution in [3.05, 3.63) is 0 Å². The quantitative estimate of drug-likeness (QED) is 0.440. The minimum Gasteiger partial charge on any atom is -0.396 e. The smallest absolute Gasteiger partial charge is 0.0846 e. The Morgan fingerprint density at radius 3 is 1.92 bits per heavy atom. The molecule has 0 aliphatic carbocycles. The van der Waals surface area contributed by atoms with Crippen LogP contribution in [0.5, 0.6) is 0 Å². The van der Waals surface area contributed by atoms with Gasteiger partial charge in [-0.2, -0.15) is 0 Å². The lowest BCUT2D eigenvalue weighted by atomic mass is 9.93. The van der Waals surface area contributed by atoms with Crippen LogP contribution in [0.3, 0.4) is 0 Å². The highest BCUT2D eigenvalue weighted by atomic mass is 16.3. The zero-order valence-corrected chi connectivity index (χ0v) is 7.51. The maximum absolute atomic E-state index is 9.31. The van der Waals surface area contributed by atoms with Gasteiger partial charge in [0.05, 0.1) is 18.3 Å². The van der Waals surface area contributed by atoms with E-state index < -0.39 is 24.2 Å². The number of rotatable bonds is 5. The van der Waals surface area contributed by atoms with Crippen molar-refractivity contribution in [3.63, 3.8) is 0 Å². The number of aliphatic hydroxyl groups is 4. The Kier molecular flexibility index (Phi) is 5.41. The molecule has 0 radical (unpaired) electrons. The molecule has 0 heterocycles. The molecule has 4 heteroatoms. The summed E-state index contributed by atoms with van der Waals surface area (Å²) in [5.41, 5.74) is 0. The molecule has 0 fully saturated rings. The molecule has 12 heavy (non-hydrogen) atoms. The first kappa shape index (κ1) is 11.8. The van der Waals surface area contributed by atoms with Crippen LogP contribution in [0.15, 0.2) is 0 Å². The van der Waals surface area contributed by atoms with Gasteiger partial charge in [0.2, 0.25) is 0 Å². The van der Waals surface area contributed by atoms with E-state index in [4.69, 9.17) is 10.2 Å². The number of aliphatic hydroxyl groups excluding tert-OH is 4. The molecule has 0 saturated heterocycles. The molecule has 4 atom stereocenters. The van der Waals surface area contributed by atoms with Gasteiger partial charge >= 0.3 is 0 Å². The zero-order valence-electron chi connectivity index (χ0n) is 7.51. The monoisotopic (exact) mass is 178 g/mol. The first-order chi connectivity index (χ1) is 5.50. The van der Waals surface area contributed by atoms with Crippen LogP contribution in [0.2, 0.25) is 0 Å². The maximum atomic E-state index is 9.31. The van der Waals surface area contributed by atoms with Gasteiger partial charge in [-0.15, -0.1) is 0 Å². The summed E-state index contributed by atoms with van der Waals surface area (Å²) in [6.45, 7) is 2.99. The third kappa shape index (κ3) is 3.49. The number of hydrogen-bond donors (Lipinski definition) is 4. The topological polar surface area (TPSA) is 80.9 Å².